The molecule has 0 bridgehead atoms. The van der Waals surface area contributed by atoms with Crippen molar-refractivity contribution in [2.75, 3.05) is 18.4 Å². The molecule has 1 saturated heterocycles. The summed E-state index contributed by atoms with van der Waals surface area (Å²) in [6, 6.07) is 11.2. The number of hydrogen-bond acceptors (Lipinski definition) is 3. The first-order valence-electron chi connectivity index (χ1n) is 10.2. The van der Waals surface area contributed by atoms with Crippen LogP contribution in [0.25, 0.3) is 0 Å². The zero-order valence-electron chi connectivity index (χ0n) is 17.0. The van der Waals surface area contributed by atoms with Crippen molar-refractivity contribution >= 4 is 11.6 Å². The standard InChI is InChI=1S/C23H27F3N2O2/c1-16-13-19(24)9-10-20(16)27-22(29)11-8-17-5-4-12-28(14-17)15-18-6-2-3-7-21(18)30-23(25)26/h2-3,6-7,9-10,13,17,23H,4-5,8,11-12,14-15H2,1H3,(H,27,29)/t17-/m1/s1. The van der Waals surface area contributed by atoms with Crippen LogP contribution in [0.2, 0.25) is 0 Å². The molecule has 1 fully saturated rings. The minimum atomic E-state index is -2.84. The first-order valence-corrected chi connectivity index (χ1v) is 10.2. The fraction of sp³-hybridized carbons (Fsp3) is 0.435. The molecule has 0 radical (unpaired) electrons. The van der Waals surface area contributed by atoms with Crippen LogP contribution in [0.5, 0.6) is 5.75 Å². The molecule has 2 aromatic rings. The number of hydrogen-bond donors (Lipinski definition) is 1. The van der Waals surface area contributed by atoms with Crippen LogP contribution in [0, 0.1) is 18.7 Å². The molecule has 0 unspecified atom stereocenters. The van der Waals surface area contributed by atoms with E-state index in [1.54, 1.807) is 31.2 Å². The highest BCUT2D eigenvalue weighted by atomic mass is 19.3. The average molecular weight is 420 g/mol. The third kappa shape index (κ3) is 6.49. The van der Waals surface area contributed by atoms with Crippen molar-refractivity contribution in [2.45, 2.75) is 45.8 Å². The zero-order chi connectivity index (χ0) is 21.5. The predicted molar refractivity (Wildman–Crippen MR) is 110 cm³/mol. The van der Waals surface area contributed by atoms with E-state index in [1.165, 1.54) is 12.1 Å². The van der Waals surface area contributed by atoms with Gasteiger partial charge in [0, 0.05) is 30.8 Å². The van der Waals surface area contributed by atoms with Crippen molar-refractivity contribution in [3.63, 3.8) is 0 Å². The van der Waals surface area contributed by atoms with Gasteiger partial charge in [0.1, 0.15) is 11.6 Å². The van der Waals surface area contributed by atoms with E-state index in [-0.39, 0.29) is 17.5 Å². The van der Waals surface area contributed by atoms with Crippen LogP contribution in [-0.4, -0.2) is 30.5 Å². The Morgan fingerprint density at radius 3 is 2.83 bits per heavy atom. The average Bonchev–Trinajstić information content (AvgIpc) is 2.70. The number of alkyl halides is 2. The lowest BCUT2D eigenvalue weighted by Gasteiger charge is -2.33. The quantitative estimate of drug-likeness (QED) is 0.625. The number of halogens is 3. The van der Waals surface area contributed by atoms with Gasteiger partial charge in [0.15, 0.2) is 0 Å². The van der Waals surface area contributed by atoms with Crippen LogP contribution in [0.15, 0.2) is 42.5 Å². The Morgan fingerprint density at radius 2 is 2.07 bits per heavy atom. The molecule has 162 valence electrons. The maximum absolute atomic E-state index is 13.2. The minimum Gasteiger partial charge on any atom is -0.434 e. The molecule has 1 N–H and O–H groups in total. The van der Waals surface area contributed by atoms with Crippen LogP contribution < -0.4 is 10.1 Å². The molecule has 0 saturated carbocycles. The highest BCUT2D eigenvalue weighted by Gasteiger charge is 2.22. The van der Waals surface area contributed by atoms with Gasteiger partial charge in [0.25, 0.3) is 0 Å². The number of anilines is 1. The van der Waals surface area contributed by atoms with Gasteiger partial charge in [-0.25, -0.2) is 4.39 Å². The van der Waals surface area contributed by atoms with E-state index >= 15 is 0 Å². The molecule has 1 heterocycles. The minimum absolute atomic E-state index is 0.0856. The topological polar surface area (TPSA) is 41.6 Å². The number of para-hydroxylation sites is 1. The van der Waals surface area contributed by atoms with Gasteiger partial charge in [-0.2, -0.15) is 8.78 Å². The Balaban J connectivity index is 1.50. The molecular formula is C23H27F3N2O2. The van der Waals surface area contributed by atoms with E-state index in [4.69, 9.17) is 0 Å². The summed E-state index contributed by atoms with van der Waals surface area (Å²) in [4.78, 5) is 14.5. The fourth-order valence-corrected chi connectivity index (χ4v) is 3.93. The monoisotopic (exact) mass is 420 g/mol. The Bertz CT molecular complexity index is 860. The second-order valence-electron chi connectivity index (χ2n) is 7.78. The van der Waals surface area contributed by atoms with Crippen molar-refractivity contribution in [2.24, 2.45) is 5.92 Å². The smallest absolute Gasteiger partial charge is 0.387 e. The summed E-state index contributed by atoms with van der Waals surface area (Å²) in [7, 11) is 0. The van der Waals surface area contributed by atoms with Crippen molar-refractivity contribution in [3.8, 4) is 5.75 Å². The first-order chi connectivity index (χ1) is 14.4. The molecule has 1 aliphatic heterocycles. The van der Waals surface area contributed by atoms with Gasteiger partial charge in [0.05, 0.1) is 0 Å². The van der Waals surface area contributed by atoms with Gasteiger partial charge < -0.3 is 10.1 Å². The van der Waals surface area contributed by atoms with Gasteiger partial charge >= 0.3 is 6.61 Å². The lowest BCUT2D eigenvalue weighted by Crippen LogP contribution is -2.35. The number of nitrogens with zero attached hydrogens (tertiary/aromatic N) is 1. The van der Waals surface area contributed by atoms with Crippen LogP contribution in [0.1, 0.15) is 36.8 Å². The number of piperidine rings is 1. The summed E-state index contributed by atoms with van der Waals surface area (Å²) >= 11 is 0. The molecule has 3 rings (SSSR count). The second-order valence-corrected chi connectivity index (χ2v) is 7.78. The number of amides is 1. The SMILES string of the molecule is Cc1cc(F)ccc1NC(=O)CC[C@H]1CCCN(Cc2ccccc2OC(F)F)C1. The van der Waals surface area contributed by atoms with Crippen molar-refractivity contribution in [3.05, 3.63) is 59.4 Å². The number of nitrogens with one attached hydrogen (secondary N) is 1. The number of carbonyl (C=O) groups is 1. The highest BCUT2D eigenvalue weighted by molar-refractivity contribution is 5.91. The van der Waals surface area contributed by atoms with Crippen LogP contribution >= 0.6 is 0 Å². The molecule has 1 atom stereocenters. The molecular weight excluding hydrogens is 393 g/mol. The predicted octanol–water partition coefficient (Wildman–Crippen LogP) is 5.37. The summed E-state index contributed by atoms with van der Waals surface area (Å²) in [6.07, 6.45) is 3.17. The van der Waals surface area contributed by atoms with E-state index in [0.29, 0.717) is 30.1 Å². The van der Waals surface area contributed by atoms with Gasteiger partial charge in [0.2, 0.25) is 5.91 Å². The van der Waals surface area contributed by atoms with Crippen LogP contribution in [-0.2, 0) is 11.3 Å². The third-order valence-electron chi connectivity index (χ3n) is 5.43. The maximum Gasteiger partial charge on any atom is 0.387 e. The Hall–Kier alpha value is -2.54. The van der Waals surface area contributed by atoms with E-state index in [9.17, 15) is 18.0 Å². The molecule has 2 aromatic carbocycles. The third-order valence-corrected chi connectivity index (χ3v) is 5.43. The number of ether oxygens (including phenoxy) is 1. The summed E-state index contributed by atoms with van der Waals surface area (Å²) in [5.41, 5.74) is 2.06. The molecule has 1 aliphatic rings. The zero-order valence-corrected chi connectivity index (χ0v) is 17.0. The fourth-order valence-electron chi connectivity index (χ4n) is 3.93. The normalized spacial score (nSPS) is 17.2. The van der Waals surface area contributed by atoms with Gasteiger partial charge in [-0.3, -0.25) is 9.69 Å². The van der Waals surface area contributed by atoms with Gasteiger partial charge in [-0.1, -0.05) is 18.2 Å². The molecule has 7 heteroatoms. The molecule has 0 aromatic heterocycles. The maximum atomic E-state index is 13.2. The van der Waals surface area contributed by atoms with E-state index in [1.807, 2.05) is 6.07 Å². The Kier molecular flexibility index (Phi) is 7.74. The molecule has 0 spiro atoms. The van der Waals surface area contributed by atoms with Crippen LogP contribution in [0.4, 0.5) is 18.9 Å². The summed E-state index contributed by atoms with van der Waals surface area (Å²) < 4.78 is 43.1. The van der Waals surface area contributed by atoms with Crippen LogP contribution in [0.3, 0.4) is 0 Å². The Morgan fingerprint density at radius 1 is 1.27 bits per heavy atom. The van der Waals surface area contributed by atoms with Gasteiger partial charge in [-0.15, -0.1) is 0 Å². The largest absolute Gasteiger partial charge is 0.434 e. The van der Waals surface area contributed by atoms with E-state index in [0.717, 1.165) is 37.9 Å². The number of rotatable bonds is 8. The highest BCUT2D eigenvalue weighted by Crippen LogP contribution is 2.27. The number of aryl methyl sites for hydroxylation is 1. The van der Waals surface area contributed by atoms with E-state index in [2.05, 4.69) is 15.0 Å². The number of benzene rings is 2. The van der Waals surface area contributed by atoms with Crippen molar-refractivity contribution < 1.29 is 22.7 Å². The van der Waals surface area contributed by atoms with Crippen molar-refractivity contribution in [1.29, 1.82) is 0 Å². The number of carbonyl (C=O) groups excluding carboxylic acids is 1. The summed E-state index contributed by atoms with van der Waals surface area (Å²) in [5, 5.41) is 2.85. The van der Waals surface area contributed by atoms with Crippen molar-refractivity contribution in [1.82, 2.24) is 4.90 Å². The Labute approximate surface area is 175 Å². The first kappa shape index (κ1) is 22.2. The second kappa shape index (κ2) is 10.5. The summed E-state index contributed by atoms with van der Waals surface area (Å²) in [6.45, 7) is 1.16. The summed E-state index contributed by atoms with van der Waals surface area (Å²) in [5.74, 6) is 0.163. The van der Waals surface area contributed by atoms with E-state index < -0.39 is 6.61 Å². The lowest BCUT2D eigenvalue weighted by molar-refractivity contribution is -0.116. The number of likely N-dealkylation sites (tertiary alicyclic amines) is 1. The molecule has 1 amide bonds. The molecule has 0 aliphatic carbocycles. The molecule has 4 nitrogen and oxygen atoms in total. The lowest BCUT2D eigenvalue weighted by atomic mass is 9.93. The van der Waals surface area contributed by atoms with Gasteiger partial charge in [-0.05, 0) is 68.5 Å². The molecule has 30 heavy (non-hydrogen) atoms.